The lowest BCUT2D eigenvalue weighted by Crippen LogP contribution is -2.30. The Labute approximate surface area is 148 Å². The number of H-pyrrole nitrogens is 1. The second kappa shape index (κ2) is 5.65. The molecule has 2 amide bonds. The summed E-state index contributed by atoms with van der Waals surface area (Å²) in [5.41, 5.74) is 2.01. The zero-order valence-corrected chi connectivity index (χ0v) is 13.9. The lowest BCUT2D eigenvalue weighted by molar-refractivity contribution is -0.121. The number of anilines is 1. The van der Waals surface area contributed by atoms with Crippen LogP contribution in [-0.2, 0) is 9.59 Å². The molecule has 0 aliphatic carbocycles. The third-order valence-corrected chi connectivity index (χ3v) is 4.91. The predicted octanol–water partition coefficient (Wildman–Crippen LogP) is 4.52. The van der Waals surface area contributed by atoms with Crippen LogP contribution in [0.15, 0.2) is 48.7 Å². The molecule has 1 aliphatic rings. The summed E-state index contributed by atoms with van der Waals surface area (Å²) < 4.78 is 0. The van der Waals surface area contributed by atoms with E-state index in [0.29, 0.717) is 0 Å². The molecular weight excluding hydrogens is 347 g/mol. The highest BCUT2D eigenvalue weighted by atomic mass is 35.5. The number of carbonyl (C=O) groups is 2. The highest BCUT2D eigenvalue weighted by Gasteiger charge is 2.42. The summed E-state index contributed by atoms with van der Waals surface area (Å²) in [4.78, 5) is 29.7. The predicted molar refractivity (Wildman–Crippen MR) is 94.6 cm³/mol. The normalized spacial score (nSPS) is 17.9. The smallest absolute Gasteiger partial charge is 0.242 e. The monoisotopic (exact) mass is 358 g/mol. The number of rotatable bonds is 2. The fraction of sp³-hybridized carbons (Fsp3) is 0.111. The third kappa shape index (κ3) is 2.22. The van der Waals surface area contributed by atoms with Crippen molar-refractivity contribution in [3.05, 3.63) is 64.3 Å². The van der Waals surface area contributed by atoms with Crippen LogP contribution >= 0.6 is 23.2 Å². The van der Waals surface area contributed by atoms with Crippen LogP contribution in [0, 0.1) is 0 Å². The van der Waals surface area contributed by atoms with Crippen LogP contribution in [0.3, 0.4) is 0 Å². The van der Waals surface area contributed by atoms with Gasteiger partial charge in [0.2, 0.25) is 11.8 Å². The number of halogens is 2. The van der Waals surface area contributed by atoms with Crippen molar-refractivity contribution in [2.45, 2.75) is 12.3 Å². The van der Waals surface area contributed by atoms with Gasteiger partial charge in [-0.05, 0) is 23.8 Å². The highest BCUT2D eigenvalue weighted by Crippen LogP contribution is 2.41. The standard InChI is InChI=1S/C18H12Cl2N2O2/c19-13-5-3-6-14(20)17(13)22-16(23)8-11(18(22)24)12-9-21-15-7-2-1-4-10(12)15/h1-7,9,11,21H,8H2/t11-/m1/s1. The van der Waals surface area contributed by atoms with E-state index in [-0.39, 0.29) is 34.0 Å². The molecule has 2 heterocycles. The molecule has 1 aliphatic heterocycles. The van der Waals surface area contributed by atoms with Gasteiger partial charge in [-0.25, -0.2) is 4.90 Å². The topological polar surface area (TPSA) is 53.2 Å². The lowest BCUT2D eigenvalue weighted by Gasteiger charge is -2.17. The highest BCUT2D eigenvalue weighted by molar-refractivity contribution is 6.42. The Morgan fingerprint density at radius 1 is 1.00 bits per heavy atom. The van der Waals surface area contributed by atoms with Gasteiger partial charge in [-0.1, -0.05) is 47.5 Å². The molecule has 4 nitrogen and oxygen atoms in total. The number of aromatic amines is 1. The summed E-state index contributed by atoms with van der Waals surface area (Å²) in [6, 6.07) is 12.6. The number of para-hydroxylation sites is 2. The van der Waals surface area contributed by atoms with E-state index in [2.05, 4.69) is 4.98 Å². The molecule has 0 radical (unpaired) electrons. The zero-order chi connectivity index (χ0) is 16.8. The minimum Gasteiger partial charge on any atom is -0.361 e. The Kier molecular flexibility index (Phi) is 3.59. The zero-order valence-electron chi connectivity index (χ0n) is 12.4. The first-order chi connectivity index (χ1) is 11.6. The molecule has 0 spiro atoms. The molecule has 4 rings (SSSR count). The van der Waals surface area contributed by atoms with Gasteiger partial charge in [0.1, 0.15) is 0 Å². The summed E-state index contributed by atoms with van der Waals surface area (Å²) in [6.07, 6.45) is 1.89. The molecule has 1 atom stereocenters. The van der Waals surface area contributed by atoms with Gasteiger partial charge in [-0.3, -0.25) is 9.59 Å². The van der Waals surface area contributed by atoms with Crippen molar-refractivity contribution >= 4 is 51.6 Å². The van der Waals surface area contributed by atoms with Gasteiger partial charge in [0.05, 0.1) is 21.7 Å². The summed E-state index contributed by atoms with van der Waals surface area (Å²) in [6.45, 7) is 0. The summed E-state index contributed by atoms with van der Waals surface area (Å²) in [5, 5.41) is 1.50. The van der Waals surface area contributed by atoms with Crippen molar-refractivity contribution in [2.75, 3.05) is 4.90 Å². The van der Waals surface area contributed by atoms with Gasteiger partial charge < -0.3 is 4.98 Å². The molecule has 24 heavy (non-hydrogen) atoms. The minimum absolute atomic E-state index is 0.0994. The number of aromatic nitrogens is 1. The Bertz CT molecular complexity index is 960. The van der Waals surface area contributed by atoms with Crippen molar-refractivity contribution in [1.82, 2.24) is 4.98 Å². The average molecular weight is 359 g/mol. The van der Waals surface area contributed by atoms with E-state index >= 15 is 0 Å². The van der Waals surface area contributed by atoms with Crippen LogP contribution in [0.2, 0.25) is 10.0 Å². The Morgan fingerprint density at radius 2 is 1.71 bits per heavy atom. The van der Waals surface area contributed by atoms with Crippen LogP contribution in [0.1, 0.15) is 17.9 Å². The molecule has 120 valence electrons. The van der Waals surface area contributed by atoms with Gasteiger partial charge in [-0.15, -0.1) is 0 Å². The van der Waals surface area contributed by atoms with E-state index in [1.54, 1.807) is 24.4 Å². The molecule has 6 heteroatoms. The quantitative estimate of drug-likeness (QED) is 0.684. The molecule has 1 fully saturated rings. The first kappa shape index (κ1) is 15.2. The number of amides is 2. The van der Waals surface area contributed by atoms with E-state index in [1.165, 1.54) is 0 Å². The van der Waals surface area contributed by atoms with E-state index in [0.717, 1.165) is 21.4 Å². The third-order valence-electron chi connectivity index (χ3n) is 4.30. The van der Waals surface area contributed by atoms with Crippen LogP contribution in [0.25, 0.3) is 10.9 Å². The molecule has 0 unspecified atom stereocenters. The Hall–Kier alpha value is -2.30. The van der Waals surface area contributed by atoms with Crippen molar-refractivity contribution < 1.29 is 9.59 Å². The number of carbonyl (C=O) groups excluding carboxylic acids is 2. The first-order valence-electron chi connectivity index (χ1n) is 7.44. The van der Waals surface area contributed by atoms with E-state index in [9.17, 15) is 9.59 Å². The molecular formula is C18H12Cl2N2O2. The van der Waals surface area contributed by atoms with E-state index in [4.69, 9.17) is 23.2 Å². The number of imide groups is 1. The van der Waals surface area contributed by atoms with Crippen molar-refractivity contribution in [1.29, 1.82) is 0 Å². The maximum Gasteiger partial charge on any atom is 0.242 e. The summed E-state index contributed by atoms with van der Waals surface area (Å²) >= 11 is 12.3. The first-order valence-corrected chi connectivity index (χ1v) is 8.20. The number of nitrogens with one attached hydrogen (secondary N) is 1. The molecule has 3 aromatic rings. The largest absolute Gasteiger partial charge is 0.361 e. The molecule has 0 bridgehead atoms. The molecule has 0 saturated carbocycles. The second-order valence-electron chi connectivity index (χ2n) is 5.68. The van der Waals surface area contributed by atoms with Crippen LogP contribution in [0.5, 0.6) is 0 Å². The Morgan fingerprint density at radius 3 is 2.46 bits per heavy atom. The fourth-order valence-corrected chi connectivity index (χ4v) is 3.76. The molecule has 1 N–H and O–H groups in total. The maximum absolute atomic E-state index is 12.9. The summed E-state index contributed by atoms with van der Waals surface area (Å²) in [5.74, 6) is -1.15. The SMILES string of the molecule is O=C1C[C@H](c2c[nH]c3ccccc23)C(=O)N1c1c(Cl)cccc1Cl. The minimum atomic E-state index is -0.541. The van der Waals surface area contributed by atoms with E-state index in [1.807, 2.05) is 24.3 Å². The number of benzene rings is 2. The van der Waals surface area contributed by atoms with Crippen LogP contribution in [0.4, 0.5) is 5.69 Å². The average Bonchev–Trinajstić information content (AvgIpc) is 3.10. The summed E-state index contributed by atoms with van der Waals surface area (Å²) in [7, 11) is 0. The lowest BCUT2D eigenvalue weighted by atomic mass is 9.97. The molecule has 1 aromatic heterocycles. The van der Waals surface area contributed by atoms with Gasteiger partial charge in [0, 0.05) is 23.5 Å². The van der Waals surface area contributed by atoms with Crippen molar-refractivity contribution in [2.24, 2.45) is 0 Å². The maximum atomic E-state index is 12.9. The number of nitrogens with zero attached hydrogens (tertiary/aromatic N) is 1. The van der Waals surface area contributed by atoms with E-state index < -0.39 is 5.92 Å². The van der Waals surface area contributed by atoms with Gasteiger partial charge in [0.15, 0.2) is 0 Å². The van der Waals surface area contributed by atoms with Crippen molar-refractivity contribution in [3.8, 4) is 0 Å². The van der Waals surface area contributed by atoms with Gasteiger partial charge in [0.25, 0.3) is 0 Å². The van der Waals surface area contributed by atoms with Crippen molar-refractivity contribution in [3.63, 3.8) is 0 Å². The number of fused-ring (bicyclic) bond motifs is 1. The fourth-order valence-electron chi connectivity index (χ4n) is 3.19. The van der Waals surface area contributed by atoms with Gasteiger partial charge in [-0.2, -0.15) is 0 Å². The van der Waals surface area contributed by atoms with Crippen LogP contribution < -0.4 is 4.90 Å². The Balaban J connectivity index is 1.80. The van der Waals surface area contributed by atoms with Crippen LogP contribution in [-0.4, -0.2) is 16.8 Å². The molecule has 1 saturated heterocycles. The van der Waals surface area contributed by atoms with Gasteiger partial charge >= 0.3 is 0 Å². The number of hydrogen-bond donors (Lipinski definition) is 1. The number of hydrogen-bond acceptors (Lipinski definition) is 2. The molecule has 2 aromatic carbocycles. The second-order valence-corrected chi connectivity index (χ2v) is 6.50.